The Hall–Kier alpha value is -2.92. The third-order valence-electron chi connectivity index (χ3n) is 5.86. The van der Waals surface area contributed by atoms with E-state index in [-0.39, 0.29) is 11.9 Å². The predicted octanol–water partition coefficient (Wildman–Crippen LogP) is 4.86. The van der Waals surface area contributed by atoms with Gasteiger partial charge in [0.05, 0.1) is 6.04 Å². The van der Waals surface area contributed by atoms with E-state index in [9.17, 15) is 4.79 Å². The molecule has 0 aliphatic carbocycles. The van der Waals surface area contributed by atoms with E-state index in [2.05, 4.69) is 46.6 Å². The topological polar surface area (TPSA) is 58.4 Å². The minimum atomic E-state index is -0.201. The molecule has 1 atom stereocenters. The van der Waals surface area contributed by atoms with E-state index < -0.39 is 0 Å². The van der Waals surface area contributed by atoms with Gasteiger partial charge in [0.15, 0.2) is 11.5 Å². The third-order valence-corrected chi connectivity index (χ3v) is 5.86. The first-order valence-corrected chi connectivity index (χ1v) is 10.9. The lowest BCUT2D eigenvalue weighted by Crippen LogP contribution is -2.40. The maximum absolute atomic E-state index is 12.8. The van der Waals surface area contributed by atoms with Crippen LogP contribution in [0.2, 0.25) is 0 Å². The summed E-state index contributed by atoms with van der Waals surface area (Å²) in [7, 11) is 0. The molecule has 0 bridgehead atoms. The second-order valence-electron chi connectivity index (χ2n) is 7.86. The van der Waals surface area contributed by atoms with Crippen molar-refractivity contribution in [3.8, 4) is 11.3 Å². The zero-order valence-electron chi connectivity index (χ0n) is 17.5. The number of aryl methyl sites for hydroxylation is 1. The lowest BCUT2D eigenvalue weighted by molar-refractivity contribution is 0.0915. The van der Waals surface area contributed by atoms with Crippen LogP contribution in [0.4, 0.5) is 0 Å². The first-order valence-electron chi connectivity index (χ1n) is 10.9. The van der Waals surface area contributed by atoms with Gasteiger partial charge in [0.25, 0.3) is 5.91 Å². The van der Waals surface area contributed by atoms with Gasteiger partial charge < -0.3 is 9.84 Å². The van der Waals surface area contributed by atoms with E-state index in [0.29, 0.717) is 18.0 Å². The molecule has 1 aromatic heterocycles. The number of carbonyl (C=O) groups is 1. The summed E-state index contributed by atoms with van der Waals surface area (Å²) in [5.41, 5.74) is 3.80. The van der Waals surface area contributed by atoms with Crippen molar-refractivity contribution in [3.63, 3.8) is 0 Å². The first-order chi connectivity index (χ1) is 14.7. The van der Waals surface area contributed by atoms with E-state index in [1.807, 2.05) is 30.3 Å². The van der Waals surface area contributed by atoms with Crippen LogP contribution in [0.15, 0.2) is 65.2 Å². The second kappa shape index (κ2) is 9.72. The fraction of sp³-hybridized carbons (Fsp3) is 0.360. The normalized spacial score (nSPS) is 15.6. The highest BCUT2D eigenvalue weighted by Crippen LogP contribution is 2.25. The molecule has 1 amide bonds. The lowest BCUT2D eigenvalue weighted by atomic mass is 9.99. The Morgan fingerprint density at radius 1 is 1.07 bits per heavy atom. The van der Waals surface area contributed by atoms with E-state index >= 15 is 0 Å². The highest BCUT2D eigenvalue weighted by atomic mass is 16.5. The van der Waals surface area contributed by atoms with Gasteiger partial charge in [-0.3, -0.25) is 9.69 Å². The number of carbonyl (C=O) groups excluding carboxylic acids is 1. The van der Waals surface area contributed by atoms with Gasteiger partial charge in [-0.25, -0.2) is 0 Å². The van der Waals surface area contributed by atoms with Gasteiger partial charge in [0.1, 0.15) is 0 Å². The Balaban J connectivity index is 1.46. The quantitative estimate of drug-likeness (QED) is 0.612. The Kier molecular flexibility index (Phi) is 6.60. The summed E-state index contributed by atoms with van der Waals surface area (Å²) in [5.74, 6) is 0.400. The summed E-state index contributed by atoms with van der Waals surface area (Å²) in [4.78, 5) is 15.2. The van der Waals surface area contributed by atoms with Crippen molar-refractivity contribution < 1.29 is 9.32 Å². The Bertz CT molecular complexity index is 944. The van der Waals surface area contributed by atoms with Crippen molar-refractivity contribution in [2.24, 2.45) is 0 Å². The summed E-state index contributed by atoms with van der Waals surface area (Å²) < 4.78 is 5.38. The number of aromatic nitrogens is 1. The highest BCUT2D eigenvalue weighted by Gasteiger charge is 2.24. The average molecular weight is 404 g/mol. The molecule has 3 aromatic rings. The Labute approximate surface area is 178 Å². The molecule has 4 rings (SSSR count). The molecular formula is C25H29N3O2. The molecule has 5 heteroatoms. The molecule has 156 valence electrons. The molecule has 1 aliphatic heterocycles. The van der Waals surface area contributed by atoms with E-state index in [1.54, 1.807) is 6.07 Å². The van der Waals surface area contributed by atoms with Gasteiger partial charge in [0.2, 0.25) is 0 Å². The van der Waals surface area contributed by atoms with E-state index in [1.165, 1.54) is 30.4 Å². The molecule has 0 radical (unpaired) electrons. The van der Waals surface area contributed by atoms with Crippen molar-refractivity contribution in [2.75, 3.05) is 19.6 Å². The van der Waals surface area contributed by atoms with Gasteiger partial charge >= 0.3 is 0 Å². The molecule has 30 heavy (non-hydrogen) atoms. The number of nitrogens with one attached hydrogen (secondary N) is 1. The minimum Gasteiger partial charge on any atom is -0.355 e. The maximum Gasteiger partial charge on any atom is 0.273 e. The van der Waals surface area contributed by atoms with Crippen molar-refractivity contribution in [3.05, 3.63) is 77.5 Å². The molecule has 1 fully saturated rings. The van der Waals surface area contributed by atoms with Crippen LogP contribution in [-0.4, -0.2) is 35.6 Å². The predicted molar refractivity (Wildman–Crippen MR) is 118 cm³/mol. The fourth-order valence-corrected chi connectivity index (χ4v) is 4.06. The third kappa shape index (κ3) is 4.79. The standard InChI is InChI=1S/C25H29N3O2/c1-2-19-11-13-20(14-12-19)23(28-15-7-4-8-16-28)18-26-25(29)22-17-24(30-27-22)21-9-5-3-6-10-21/h3,5-6,9-14,17,23H,2,4,7-8,15-16,18H2,1H3,(H,26,29)/t23-/m1/s1. The number of benzene rings is 2. The zero-order chi connectivity index (χ0) is 20.8. The van der Waals surface area contributed by atoms with Crippen LogP contribution < -0.4 is 5.32 Å². The molecule has 1 saturated heterocycles. The second-order valence-corrected chi connectivity index (χ2v) is 7.86. The van der Waals surface area contributed by atoms with Gasteiger partial charge in [-0.1, -0.05) is 73.1 Å². The van der Waals surface area contributed by atoms with Gasteiger partial charge in [-0.2, -0.15) is 0 Å². The SMILES string of the molecule is CCc1ccc([C@@H](CNC(=O)c2cc(-c3ccccc3)on2)N2CCCCC2)cc1. The summed E-state index contributed by atoms with van der Waals surface area (Å²) in [6, 6.07) is 20.4. The number of hydrogen-bond acceptors (Lipinski definition) is 4. The zero-order valence-corrected chi connectivity index (χ0v) is 17.5. The van der Waals surface area contributed by atoms with Crippen molar-refractivity contribution >= 4 is 5.91 Å². The van der Waals surface area contributed by atoms with Crippen molar-refractivity contribution in [1.29, 1.82) is 0 Å². The fourth-order valence-electron chi connectivity index (χ4n) is 4.06. The van der Waals surface area contributed by atoms with Crippen LogP contribution in [0.1, 0.15) is 53.8 Å². The monoisotopic (exact) mass is 403 g/mol. The largest absolute Gasteiger partial charge is 0.355 e. The van der Waals surface area contributed by atoms with Gasteiger partial charge in [0, 0.05) is 18.2 Å². The van der Waals surface area contributed by atoms with Crippen LogP contribution >= 0.6 is 0 Å². The first kappa shape index (κ1) is 20.4. The molecule has 2 heterocycles. The van der Waals surface area contributed by atoms with Crippen LogP contribution in [0.5, 0.6) is 0 Å². The maximum atomic E-state index is 12.8. The smallest absolute Gasteiger partial charge is 0.273 e. The van der Waals surface area contributed by atoms with Crippen LogP contribution in [0.25, 0.3) is 11.3 Å². The summed E-state index contributed by atoms with van der Waals surface area (Å²) in [6.45, 7) is 4.85. The summed E-state index contributed by atoms with van der Waals surface area (Å²) >= 11 is 0. The number of rotatable bonds is 7. The molecule has 0 spiro atoms. The van der Waals surface area contributed by atoms with E-state index in [4.69, 9.17) is 4.52 Å². The number of amides is 1. The van der Waals surface area contributed by atoms with Crippen molar-refractivity contribution in [2.45, 2.75) is 38.6 Å². The van der Waals surface area contributed by atoms with Gasteiger partial charge in [-0.05, 0) is 43.5 Å². The molecular weight excluding hydrogens is 374 g/mol. The van der Waals surface area contributed by atoms with Crippen LogP contribution in [0.3, 0.4) is 0 Å². The number of likely N-dealkylation sites (tertiary alicyclic amines) is 1. The van der Waals surface area contributed by atoms with Crippen LogP contribution in [-0.2, 0) is 6.42 Å². The molecule has 1 aliphatic rings. The van der Waals surface area contributed by atoms with Crippen LogP contribution in [0, 0.1) is 0 Å². The van der Waals surface area contributed by atoms with Gasteiger partial charge in [-0.15, -0.1) is 0 Å². The summed E-state index contributed by atoms with van der Waals surface area (Å²) in [5, 5.41) is 7.06. The molecule has 1 N–H and O–H groups in total. The summed E-state index contributed by atoms with van der Waals surface area (Å²) in [6.07, 6.45) is 4.73. The number of hydrogen-bond donors (Lipinski definition) is 1. The van der Waals surface area contributed by atoms with E-state index in [0.717, 1.165) is 25.1 Å². The Morgan fingerprint density at radius 3 is 2.50 bits per heavy atom. The number of nitrogens with zero attached hydrogens (tertiary/aromatic N) is 2. The molecule has 0 saturated carbocycles. The Morgan fingerprint density at radius 2 is 1.80 bits per heavy atom. The highest BCUT2D eigenvalue weighted by molar-refractivity contribution is 5.93. The minimum absolute atomic E-state index is 0.167. The molecule has 5 nitrogen and oxygen atoms in total. The molecule has 0 unspecified atom stereocenters. The average Bonchev–Trinajstić information content (AvgIpc) is 3.31. The lowest BCUT2D eigenvalue weighted by Gasteiger charge is -2.35. The number of piperidine rings is 1. The molecule has 2 aromatic carbocycles. The van der Waals surface area contributed by atoms with Crippen molar-refractivity contribution in [1.82, 2.24) is 15.4 Å².